The lowest BCUT2D eigenvalue weighted by atomic mass is 10.0. The molecule has 0 aliphatic carbocycles. The summed E-state index contributed by atoms with van der Waals surface area (Å²) in [6.45, 7) is 3.49. The fourth-order valence-electron chi connectivity index (χ4n) is 2.94. The van der Waals surface area contributed by atoms with E-state index >= 15 is 0 Å². The first-order valence-corrected chi connectivity index (χ1v) is 7.05. The Morgan fingerprint density at radius 3 is 3.05 bits per heavy atom. The van der Waals surface area contributed by atoms with Crippen molar-refractivity contribution in [2.24, 2.45) is 0 Å². The van der Waals surface area contributed by atoms with Gasteiger partial charge in [-0.05, 0) is 38.4 Å². The molecule has 1 saturated heterocycles. The maximum absolute atomic E-state index is 11.3. The average Bonchev–Trinajstić information content (AvgIpc) is 2.83. The minimum atomic E-state index is -0.718. The van der Waals surface area contributed by atoms with E-state index in [1.807, 2.05) is 36.2 Å². The number of fused-ring (bicyclic) bond motifs is 1. The van der Waals surface area contributed by atoms with E-state index < -0.39 is 5.97 Å². The van der Waals surface area contributed by atoms with E-state index in [1.54, 1.807) is 0 Å². The predicted octanol–water partition coefficient (Wildman–Crippen LogP) is 2.08. The van der Waals surface area contributed by atoms with Crippen molar-refractivity contribution in [2.45, 2.75) is 38.8 Å². The van der Waals surface area contributed by atoms with Crippen molar-refractivity contribution < 1.29 is 9.90 Å². The number of likely N-dealkylation sites (tertiary alicyclic amines) is 1. The maximum atomic E-state index is 11.3. The smallest absolute Gasteiger partial charge is 0.320 e. The Kier molecular flexibility index (Phi) is 3.44. The normalized spacial score (nSPS) is 20.4. The molecule has 5 nitrogen and oxygen atoms in total. The fourth-order valence-corrected chi connectivity index (χ4v) is 2.94. The highest BCUT2D eigenvalue weighted by atomic mass is 16.4. The number of aromatic nitrogens is 2. The van der Waals surface area contributed by atoms with Crippen molar-refractivity contribution in [2.75, 3.05) is 6.54 Å². The molecule has 0 saturated carbocycles. The van der Waals surface area contributed by atoms with Gasteiger partial charge in [0.15, 0.2) is 0 Å². The first kappa shape index (κ1) is 13.1. The number of rotatable bonds is 3. The van der Waals surface area contributed by atoms with Gasteiger partial charge in [0.1, 0.15) is 11.7 Å². The molecule has 0 spiro atoms. The molecule has 1 unspecified atom stereocenters. The van der Waals surface area contributed by atoms with Crippen molar-refractivity contribution in [3.63, 3.8) is 0 Å². The molecule has 1 aliphatic rings. The second-order valence-corrected chi connectivity index (χ2v) is 5.45. The van der Waals surface area contributed by atoms with Gasteiger partial charge >= 0.3 is 5.97 Å². The van der Waals surface area contributed by atoms with Gasteiger partial charge in [-0.1, -0.05) is 12.5 Å². The molecule has 3 heterocycles. The fraction of sp³-hybridized carbons (Fsp3) is 0.467. The Morgan fingerprint density at radius 1 is 1.45 bits per heavy atom. The minimum absolute atomic E-state index is 0.366. The number of aryl methyl sites for hydroxylation is 1. The molecule has 1 N–H and O–H groups in total. The Labute approximate surface area is 117 Å². The maximum Gasteiger partial charge on any atom is 0.320 e. The molecule has 1 fully saturated rings. The average molecular weight is 273 g/mol. The third-order valence-electron chi connectivity index (χ3n) is 4.01. The summed E-state index contributed by atoms with van der Waals surface area (Å²) in [4.78, 5) is 17.9. The molecule has 0 bridgehead atoms. The second-order valence-electron chi connectivity index (χ2n) is 5.45. The summed E-state index contributed by atoms with van der Waals surface area (Å²) in [5.74, 6) is -0.718. The summed E-state index contributed by atoms with van der Waals surface area (Å²) in [5.41, 5.74) is 2.99. The third kappa shape index (κ3) is 2.41. The lowest BCUT2D eigenvalue weighted by Crippen LogP contribution is -2.44. The molecule has 0 radical (unpaired) electrons. The summed E-state index contributed by atoms with van der Waals surface area (Å²) in [7, 11) is 0. The van der Waals surface area contributed by atoms with Crippen LogP contribution in [0.1, 0.15) is 30.7 Å². The summed E-state index contributed by atoms with van der Waals surface area (Å²) < 4.78 is 2.05. The van der Waals surface area contributed by atoms with Gasteiger partial charge in [-0.2, -0.15) is 0 Å². The summed E-state index contributed by atoms with van der Waals surface area (Å²) >= 11 is 0. The Balaban J connectivity index is 1.84. The van der Waals surface area contributed by atoms with Crippen molar-refractivity contribution in [3.8, 4) is 0 Å². The quantitative estimate of drug-likeness (QED) is 0.930. The Bertz CT molecular complexity index is 635. The highest BCUT2D eigenvalue weighted by Crippen LogP contribution is 2.20. The van der Waals surface area contributed by atoms with Gasteiger partial charge in [-0.15, -0.1) is 0 Å². The topological polar surface area (TPSA) is 57.8 Å². The second kappa shape index (κ2) is 5.25. The first-order valence-electron chi connectivity index (χ1n) is 7.05. The predicted molar refractivity (Wildman–Crippen MR) is 75.6 cm³/mol. The lowest BCUT2D eigenvalue weighted by Gasteiger charge is -2.32. The lowest BCUT2D eigenvalue weighted by molar-refractivity contribution is -0.144. The molecule has 1 aliphatic heterocycles. The highest BCUT2D eigenvalue weighted by molar-refractivity contribution is 5.73. The largest absolute Gasteiger partial charge is 0.480 e. The molecule has 3 rings (SSSR count). The number of hydrogen-bond donors (Lipinski definition) is 1. The van der Waals surface area contributed by atoms with Crippen LogP contribution in [0.3, 0.4) is 0 Å². The highest BCUT2D eigenvalue weighted by Gasteiger charge is 2.28. The van der Waals surface area contributed by atoms with E-state index in [0.29, 0.717) is 6.54 Å². The Morgan fingerprint density at radius 2 is 2.30 bits per heavy atom. The van der Waals surface area contributed by atoms with Crippen LogP contribution in [-0.2, 0) is 11.3 Å². The van der Waals surface area contributed by atoms with Crippen LogP contribution in [0.15, 0.2) is 24.4 Å². The van der Waals surface area contributed by atoms with E-state index in [4.69, 9.17) is 0 Å². The molecule has 106 valence electrons. The summed E-state index contributed by atoms with van der Waals surface area (Å²) in [6.07, 6.45) is 4.81. The molecular weight excluding hydrogens is 254 g/mol. The van der Waals surface area contributed by atoms with Crippen LogP contribution < -0.4 is 0 Å². The molecule has 2 aromatic heterocycles. The Hall–Kier alpha value is -1.88. The van der Waals surface area contributed by atoms with E-state index in [-0.39, 0.29) is 6.04 Å². The van der Waals surface area contributed by atoms with Crippen LogP contribution in [0, 0.1) is 6.92 Å². The number of piperidine rings is 1. The molecule has 2 aromatic rings. The van der Waals surface area contributed by atoms with Crippen LogP contribution in [0.2, 0.25) is 0 Å². The van der Waals surface area contributed by atoms with Gasteiger partial charge in [0.25, 0.3) is 0 Å². The SMILES string of the molecule is Cc1cccc2nc(CN3CCCCC3C(=O)O)cn12. The van der Waals surface area contributed by atoms with Crippen LogP contribution in [-0.4, -0.2) is 37.9 Å². The van der Waals surface area contributed by atoms with E-state index in [9.17, 15) is 9.90 Å². The van der Waals surface area contributed by atoms with E-state index in [1.165, 1.54) is 0 Å². The number of nitrogens with zero attached hydrogens (tertiary/aromatic N) is 3. The third-order valence-corrected chi connectivity index (χ3v) is 4.01. The van der Waals surface area contributed by atoms with Gasteiger partial charge in [0.2, 0.25) is 0 Å². The van der Waals surface area contributed by atoms with E-state index in [0.717, 1.165) is 42.8 Å². The number of carboxylic acid groups (broad SMARTS) is 1. The monoisotopic (exact) mass is 273 g/mol. The van der Waals surface area contributed by atoms with Crippen molar-refractivity contribution in [3.05, 3.63) is 35.8 Å². The zero-order valence-corrected chi connectivity index (χ0v) is 11.6. The molecule has 0 amide bonds. The number of pyridine rings is 1. The van der Waals surface area contributed by atoms with Crippen LogP contribution >= 0.6 is 0 Å². The van der Waals surface area contributed by atoms with Crippen LogP contribution in [0.25, 0.3) is 5.65 Å². The number of carboxylic acids is 1. The number of hydrogen-bond acceptors (Lipinski definition) is 3. The van der Waals surface area contributed by atoms with E-state index in [2.05, 4.69) is 9.38 Å². The molecule has 5 heteroatoms. The molecule has 1 atom stereocenters. The van der Waals surface area contributed by atoms with Crippen LogP contribution in [0.5, 0.6) is 0 Å². The molecule has 0 aromatic carbocycles. The van der Waals surface area contributed by atoms with Gasteiger partial charge < -0.3 is 9.51 Å². The zero-order chi connectivity index (χ0) is 14.1. The van der Waals surface area contributed by atoms with Gasteiger partial charge in [-0.25, -0.2) is 4.98 Å². The van der Waals surface area contributed by atoms with Gasteiger partial charge in [-0.3, -0.25) is 9.69 Å². The zero-order valence-electron chi connectivity index (χ0n) is 11.6. The minimum Gasteiger partial charge on any atom is -0.480 e. The molecular formula is C15H19N3O2. The first-order chi connectivity index (χ1) is 9.65. The summed E-state index contributed by atoms with van der Waals surface area (Å²) in [6, 6.07) is 5.64. The standard InChI is InChI=1S/C15H19N3O2/c1-11-5-4-7-14-16-12(10-18(11)14)9-17-8-3-2-6-13(17)15(19)20/h4-5,7,10,13H,2-3,6,8-9H2,1H3,(H,19,20). The van der Waals surface area contributed by atoms with Crippen molar-refractivity contribution >= 4 is 11.6 Å². The van der Waals surface area contributed by atoms with Crippen molar-refractivity contribution in [1.82, 2.24) is 14.3 Å². The number of aliphatic carboxylic acids is 1. The van der Waals surface area contributed by atoms with Crippen LogP contribution in [0.4, 0.5) is 0 Å². The van der Waals surface area contributed by atoms with Gasteiger partial charge in [0.05, 0.1) is 5.69 Å². The summed E-state index contributed by atoms with van der Waals surface area (Å²) in [5, 5.41) is 9.30. The van der Waals surface area contributed by atoms with Crippen molar-refractivity contribution in [1.29, 1.82) is 0 Å². The molecule has 20 heavy (non-hydrogen) atoms. The van der Waals surface area contributed by atoms with Gasteiger partial charge in [0, 0.05) is 18.4 Å². The number of carbonyl (C=O) groups is 1. The number of imidazole rings is 1.